The second-order valence-electron chi connectivity index (χ2n) is 7.96. The Kier molecular flexibility index (Phi) is 5.90. The molecule has 2 heterocycles. The summed E-state index contributed by atoms with van der Waals surface area (Å²) in [5.74, 6) is -0.842. The maximum atomic E-state index is 13.5. The maximum Gasteiger partial charge on any atom is 0.224 e. The maximum absolute atomic E-state index is 13.5. The number of hydrogen-bond acceptors (Lipinski definition) is 4. The van der Waals surface area contributed by atoms with Gasteiger partial charge in [0.25, 0.3) is 0 Å². The van der Waals surface area contributed by atoms with E-state index in [-0.39, 0.29) is 31.2 Å². The summed E-state index contributed by atoms with van der Waals surface area (Å²) in [6, 6.07) is 15.3. The lowest BCUT2D eigenvalue weighted by Crippen LogP contribution is -2.56. The Bertz CT molecular complexity index is 1010. The van der Waals surface area contributed by atoms with Crippen LogP contribution in [-0.2, 0) is 31.9 Å². The van der Waals surface area contributed by atoms with Crippen LogP contribution in [0, 0.1) is 5.82 Å². The molecule has 0 N–H and O–H groups in total. The van der Waals surface area contributed by atoms with Gasteiger partial charge in [-0.2, -0.15) is 4.31 Å². The normalized spacial score (nSPS) is 23.1. The van der Waals surface area contributed by atoms with Crippen LogP contribution >= 0.6 is 0 Å². The Morgan fingerprint density at radius 3 is 2.53 bits per heavy atom. The van der Waals surface area contributed by atoms with Crippen LogP contribution in [0.3, 0.4) is 0 Å². The second kappa shape index (κ2) is 8.45. The number of benzene rings is 2. The zero-order chi connectivity index (χ0) is 21.2. The van der Waals surface area contributed by atoms with Crippen LogP contribution < -0.4 is 0 Å². The molecule has 1 spiro atoms. The standard InChI is InChI=1S/C22H25FN2O4S/c23-20-8-4-7-19(13-20)15-30(27,28)24-11-9-21(26)25(14-18-5-2-1-3-6-18)22(16-24)10-12-29-17-22/h1-8,13H,9-12,14-17H2. The third kappa shape index (κ3) is 4.40. The molecular formula is C22H25FN2O4S. The van der Waals surface area contributed by atoms with Gasteiger partial charge >= 0.3 is 0 Å². The average Bonchev–Trinajstić information content (AvgIpc) is 3.13. The molecule has 6 nitrogen and oxygen atoms in total. The van der Waals surface area contributed by atoms with Gasteiger partial charge < -0.3 is 9.64 Å². The van der Waals surface area contributed by atoms with E-state index in [1.807, 2.05) is 30.3 Å². The van der Waals surface area contributed by atoms with Gasteiger partial charge in [0, 0.05) is 32.7 Å². The van der Waals surface area contributed by atoms with Crippen molar-refractivity contribution in [3.05, 3.63) is 71.5 Å². The molecule has 2 aromatic rings. The molecule has 2 fully saturated rings. The van der Waals surface area contributed by atoms with E-state index >= 15 is 0 Å². The fraction of sp³-hybridized carbons (Fsp3) is 0.409. The molecular weight excluding hydrogens is 407 g/mol. The molecule has 30 heavy (non-hydrogen) atoms. The van der Waals surface area contributed by atoms with Crippen LogP contribution in [0.1, 0.15) is 24.0 Å². The van der Waals surface area contributed by atoms with Crippen molar-refractivity contribution in [3.8, 4) is 0 Å². The highest BCUT2D eigenvalue weighted by molar-refractivity contribution is 7.88. The molecule has 8 heteroatoms. The molecule has 0 aliphatic carbocycles. The van der Waals surface area contributed by atoms with Gasteiger partial charge in [-0.1, -0.05) is 42.5 Å². The van der Waals surface area contributed by atoms with E-state index in [1.165, 1.54) is 22.5 Å². The number of ether oxygens (including phenoxy) is 1. The summed E-state index contributed by atoms with van der Waals surface area (Å²) < 4.78 is 46.9. The van der Waals surface area contributed by atoms with Gasteiger partial charge in [0.2, 0.25) is 15.9 Å². The largest absolute Gasteiger partial charge is 0.379 e. The van der Waals surface area contributed by atoms with Crippen LogP contribution in [0.4, 0.5) is 4.39 Å². The van der Waals surface area contributed by atoms with Crippen LogP contribution in [0.15, 0.2) is 54.6 Å². The minimum absolute atomic E-state index is 0.0761. The Labute approximate surface area is 176 Å². The molecule has 2 aliphatic rings. The summed E-state index contributed by atoms with van der Waals surface area (Å²) in [4.78, 5) is 14.9. The summed E-state index contributed by atoms with van der Waals surface area (Å²) >= 11 is 0. The van der Waals surface area contributed by atoms with Crippen molar-refractivity contribution in [1.29, 1.82) is 0 Å². The topological polar surface area (TPSA) is 66.9 Å². The lowest BCUT2D eigenvalue weighted by atomic mass is 9.95. The molecule has 0 saturated carbocycles. The first-order valence-electron chi connectivity index (χ1n) is 10.0. The quantitative estimate of drug-likeness (QED) is 0.728. The highest BCUT2D eigenvalue weighted by Crippen LogP contribution is 2.33. The minimum atomic E-state index is -3.73. The minimum Gasteiger partial charge on any atom is -0.379 e. The van der Waals surface area contributed by atoms with Crippen molar-refractivity contribution in [3.63, 3.8) is 0 Å². The monoisotopic (exact) mass is 432 g/mol. The van der Waals surface area contributed by atoms with E-state index in [4.69, 9.17) is 4.74 Å². The summed E-state index contributed by atoms with van der Waals surface area (Å²) in [5.41, 5.74) is 0.690. The third-order valence-corrected chi connectivity index (χ3v) is 7.61. The molecule has 0 radical (unpaired) electrons. The van der Waals surface area contributed by atoms with Gasteiger partial charge in [0.05, 0.1) is 17.9 Å². The van der Waals surface area contributed by atoms with Crippen molar-refractivity contribution in [1.82, 2.24) is 9.21 Å². The number of hydrogen-bond donors (Lipinski definition) is 0. The van der Waals surface area contributed by atoms with E-state index < -0.39 is 21.4 Å². The molecule has 160 valence electrons. The van der Waals surface area contributed by atoms with E-state index in [0.29, 0.717) is 31.7 Å². The van der Waals surface area contributed by atoms with E-state index in [0.717, 1.165) is 5.56 Å². The molecule has 1 amide bonds. The van der Waals surface area contributed by atoms with Gasteiger partial charge in [-0.3, -0.25) is 4.79 Å². The average molecular weight is 433 g/mol. The molecule has 0 bridgehead atoms. The SMILES string of the molecule is O=C1CCN(S(=O)(=O)Cc2cccc(F)c2)CC2(CCOC2)N1Cc1ccccc1. The Morgan fingerprint density at radius 1 is 1.07 bits per heavy atom. The van der Waals surface area contributed by atoms with Gasteiger partial charge in [-0.25, -0.2) is 12.8 Å². The highest BCUT2D eigenvalue weighted by atomic mass is 32.2. The summed E-state index contributed by atoms with van der Waals surface area (Å²) in [5, 5.41) is 0. The van der Waals surface area contributed by atoms with Gasteiger partial charge in [0.15, 0.2) is 0 Å². The van der Waals surface area contributed by atoms with Crippen molar-refractivity contribution < 1.29 is 22.3 Å². The zero-order valence-electron chi connectivity index (χ0n) is 16.7. The first-order valence-corrected chi connectivity index (χ1v) is 11.6. The smallest absolute Gasteiger partial charge is 0.224 e. The zero-order valence-corrected chi connectivity index (χ0v) is 17.5. The molecule has 0 aromatic heterocycles. The molecule has 1 unspecified atom stereocenters. The summed E-state index contributed by atoms with van der Waals surface area (Å²) in [6.45, 7) is 1.50. The summed E-state index contributed by atoms with van der Waals surface area (Å²) in [7, 11) is -3.73. The van der Waals surface area contributed by atoms with Gasteiger partial charge in [0.1, 0.15) is 5.82 Å². The van der Waals surface area contributed by atoms with Gasteiger partial charge in [-0.15, -0.1) is 0 Å². The lowest BCUT2D eigenvalue weighted by Gasteiger charge is -2.40. The predicted octanol–water partition coefficient (Wildman–Crippen LogP) is 2.55. The van der Waals surface area contributed by atoms with Crippen LogP contribution in [0.5, 0.6) is 0 Å². The lowest BCUT2D eigenvalue weighted by molar-refractivity contribution is -0.137. The van der Waals surface area contributed by atoms with Crippen LogP contribution in [0.25, 0.3) is 0 Å². The Balaban J connectivity index is 1.61. The van der Waals surface area contributed by atoms with Crippen LogP contribution in [0.2, 0.25) is 0 Å². The first-order chi connectivity index (χ1) is 14.4. The fourth-order valence-electron chi connectivity index (χ4n) is 4.23. The molecule has 1 atom stereocenters. The number of carbonyl (C=O) groups excluding carboxylic acids is 1. The van der Waals surface area contributed by atoms with E-state index in [9.17, 15) is 17.6 Å². The molecule has 2 aliphatic heterocycles. The summed E-state index contributed by atoms with van der Waals surface area (Å²) in [6.07, 6.45) is 0.689. The van der Waals surface area contributed by atoms with Crippen molar-refractivity contribution in [2.45, 2.75) is 30.7 Å². The number of rotatable bonds is 5. The number of amides is 1. The highest BCUT2D eigenvalue weighted by Gasteiger charge is 2.48. The number of carbonyl (C=O) groups is 1. The van der Waals surface area contributed by atoms with E-state index in [1.54, 1.807) is 11.0 Å². The second-order valence-corrected chi connectivity index (χ2v) is 9.93. The van der Waals surface area contributed by atoms with E-state index in [2.05, 4.69) is 0 Å². The number of sulfonamides is 1. The van der Waals surface area contributed by atoms with Crippen molar-refractivity contribution in [2.24, 2.45) is 0 Å². The third-order valence-electron chi connectivity index (χ3n) is 5.82. The number of nitrogens with zero attached hydrogens (tertiary/aromatic N) is 2. The predicted molar refractivity (Wildman–Crippen MR) is 110 cm³/mol. The van der Waals surface area contributed by atoms with Crippen LogP contribution in [-0.4, -0.2) is 55.4 Å². The Morgan fingerprint density at radius 2 is 1.83 bits per heavy atom. The van der Waals surface area contributed by atoms with Crippen molar-refractivity contribution >= 4 is 15.9 Å². The molecule has 2 saturated heterocycles. The van der Waals surface area contributed by atoms with Gasteiger partial charge in [-0.05, 0) is 29.7 Å². The number of halogens is 1. The Hall–Kier alpha value is -2.29. The fourth-order valence-corrected chi connectivity index (χ4v) is 5.82. The van der Waals surface area contributed by atoms with Crippen molar-refractivity contribution in [2.75, 3.05) is 26.3 Å². The molecule has 2 aromatic carbocycles. The molecule has 4 rings (SSSR count). The first kappa shape index (κ1) is 21.0.